The highest BCUT2D eigenvalue weighted by Gasteiger charge is 2.17. The first-order chi connectivity index (χ1) is 5.74. The Kier molecular flexibility index (Phi) is 3.49. The molecule has 1 N–H and O–H groups in total. The fraction of sp³-hybridized carbons (Fsp3) is 0.875. The SMILES string of the molecule is CC(=O)N1CCOC(CO)CC1. The molecular weight excluding hydrogens is 158 g/mol. The van der Waals surface area contributed by atoms with E-state index in [9.17, 15) is 4.79 Å². The monoisotopic (exact) mass is 173 g/mol. The van der Waals surface area contributed by atoms with Gasteiger partial charge in [0.05, 0.1) is 19.3 Å². The second-order valence-corrected chi connectivity index (χ2v) is 2.97. The highest BCUT2D eigenvalue weighted by molar-refractivity contribution is 5.73. The Morgan fingerprint density at radius 3 is 3.00 bits per heavy atom. The quantitative estimate of drug-likeness (QED) is 0.588. The third-order valence-corrected chi connectivity index (χ3v) is 2.08. The van der Waals surface area contributed by atoms with E-state index in [1.165, 1.54) is 0 Å². The van der Waals surface area contributed by atoms with Crippen LogP contribution in [-0.2, 0) is 9.53 Å². The van der Waals surface area contributed by atoms with Crippen LogP contribution in [0.2, 0.25) is 0 Å². The van der Waals surface area contributed by atoms with Crippen molar-refractivity contribution in [2.24, 2.45) is 0 Å². The highest BCUT2D eigenvalue weighted by Crippen LogP contribution is 2.06. The first-order valence-corrected chi connectivity index (χ1v) is 4.22. The van der Waals surface area contributed by atoms with Gasteiger partial charge in [0.1, 0.15) is 0 Å². The maximum absolute atomic E-state index is 11.0. The number of carbonyl (C=O) groups is 1. The van der Waals surface area contributed by atoms with Crippen molar-refractivity contribution in [1.82, 2.24) is 4.90 Å². The first-order valence-electron chi connectivity index (χ1n) is 4.22. The van der Waals surface area contributed by atoms with Crippen LogP contribution in [-0.4, -0.2) is 48.3 Å². The van der Waals surface area contributed by atoms with E-state index in [1.807, 2.05) is 0 Å². The van der Waals surface area contributed by atoms with Crippen LogP contribution < -0.4 is 0 Å². The second kappa shape index (κ2) is 4.42. The third kappa shape index (κ3) is 2.46. The zero-order valence-electron chi connectivity index (χ0n) is 7.32. The molecule has 0 radical (unpaired) electrons. The molecule has 1 heterocycles. The Morgan fingerprint density at radius 1 is 1.67 bits per heavy atom. The number of aliphatic hydroxyl groups excluding tert-OH is 1. The van der Waals surface area contributed by atoms with Crippen molar-refractivity contribution < 1.29 is 14.6 Å². The molecule has 0 aromatic carbocycles. The number of hydrogen-bond acceptors (Lipinski definition) is 3. The number of carbonyl (C=O) groups excluding carboxylic acids is 1. The Bertz CT molecular complexity index is 160. The van der Waals surface area contributed by atoms with E-state index in [-0.39, 0.29) is 18.6 Å². The molecular formula is C8H15NO3. The van der Waals surface area contributed by atoms with Gasteiger partial charge in [0, 0.05) is 20.0 Å². The van der Waals surface area contributed by atoms with Crippen molar-refractivity contribution in [3.8, 4) is 0 Å². The average molecular weight is 173 g/mol. The molecule has 0 bridgehead atoms. The molecule has 4 heteroatoms. The van der Waals surface area contributed by atoms with E-state index >= 15 is 0 Å². The molecule has 1 aliphatic rings. The standard InChI is InChI=1S/C8H15NO3/c1-7(11)9-3-2-8(6-10)12-5-4-9/h8,10H,2-6H2,1H3. The molecule has 1 amide bonds. The number of ether oxygens (including phenoxy) is 1. The number of rotatable bonds is 1. The molecule has 1 unspecified atom stereocenters. The van der Waals surface area contributed by atoms with E-state index < -0.39 is 0 Å². The van der Waals surface area contributed by atoms with Crippen molar-refractivity contribution in [2.75, 3.05) is 26.3 Å². The minimum atomic E-state index is -0.0886. The lowest BCUT2D eigenvalue weighted by Crippen LogP contribution is -2.31. The van der Waals surface area contributed by atoms with Crippen LogP contribution in [0.15, 0.2) is 0 Å². The summed E-state index contributed by atoms with van der Waals surface area (Å²) in [6.07, 6.45) is 0.644. The van der Waals surface area contributed by atoms with Gasteiger partial charge in [-0.2, -0.15) is 0 Å². The van der Waals surface area contributed by atoms with Gasteiger partial charge in [0.15, 0.2) is 0 Å². The van der Waals surface area contributed by atoms with E-state index in [1.54, 1.807) is 11.8 Å². The normalized spacial score (nSPS) is 25.2. The van der Waals surface area contributed by atoms with Gasteiger partial charge < -0.3 is 14.7 Å². The summed E-state index contributed by atoms with van der Waals surface area (Å²) >= 11 is 0. The molecule has 0 saturated carbocycles. The van der Waals surface area contributed by atoms with Gasteiger partial charge in [0.25, 0.3) is 0 Å². The molecule has 12 heavy (non-hydrogen) atoms. The molecule has 1 rings (SSSR count). The molecule has 4 nitrogen and oxygen atoms in total. The number of amides is 1. The van der Waals surface area contributed by atoms with Gasteiger partial charge in [-0.3, -0.25) is 4.79 Å². The van der Waals surface area contributed by atoms with Crippen LogP contribution in [0.1, 0.15) is 13.3 Å². The smallest absolute Gasteiger partial charge is 0.219 e. The summed E-state index contributed by atoms with van der Waals surface area (Å²) in [7, 11) is 0. The van der Waals surface area contributed by atoms with Crippen molar-refractivity contribution in [3.63, 3.8) is 0 Å². The van der Waals surface area contributed by atoms with E-state index in [0.717, 1.165) is 6.42 Å². The third-order valence-electron chi connectivity index (χ3n) is 2.08. The molecule has 70 valence electrons. The largest absolute Gasteiger partial charge is 0.394 e. The summed E-state index contributed by atoms with van der Waals surface area (Å²) in [5, 5.41) is 8.81. The van der Waals surface area contributed by atoms with Crippen molar-refractivity contribution in [3.05, 3.63) is 0 Å². The minimum Gasteiger partial charge on any atom is -0.394 e. The Labute approximate surface area is 72.1 Å². The lowest BCUT2D eigenvalue weighted by Gasteiger charge is -2.16. The maximum atomic E-state index is 11.0. The summed E-state index contributed by atoms with van der Waals surface area (Å²) in [4.78, 5) is 12.7. The molecule has 0 aliphatic carbocycles. The summed E-state index contributed by atoms with van der Waals surface area (Å²) in [6.45, 7) is 3.47. The Balaban J connectivity index is 2.39. The molecule has 0 spiro atoms. The minimum absolute atomic E-state index is 0.0474. The van der Waals surface area contributed by atoms with E-state index in [0.29, 0.717) is 19.7 Å². The summed E-state index contributed by atoms with van der Waals surface area (Å²) in [6, 6.07) is 0. The topological polar surface area (TPSA) is 49.8 Å². The van der Waals surface area contributed by atoms with Gasteiger partial charge >= 0.3 is 0 Å². The zero-order valence-corrected chi connectivity index (χ0v) is 7.32. The molecule has 0 aromatic heterocycles. The van der Waals surface area contributed by atoms with Gasteiger partial charge in [0.2, 0.25) is 5.91 Å². The second-order valence-electron chi connectivity index (χ2n) is 2.97. The first kappa shape index (κ1) is 9.48. The van der Waals surface area contributed by atoms with Crippen molar-refractivity contribution in [2.45, 2.75) is 19.4 Å². The molecule has 1 atom stereocenters. The number of nitrogens with zero attached hydrogens (tertiary/aromatic N) is 1. The average Bonchev–Trinajstić information content (AvgIpc) is 2.28. The summed E-state index contributed by atoms with van der Waals surface area (Å²) < 4.78 is 5.29. The summed E-state index contributed by atoms with van der Waals surface area (Å²) in [5.41, 5.74) is 0. The molecule has 0 aromatic rings. The van der Waals surface area contributed by atoms with Gasteiger partial charge in [-0.15, -0.1) is 0 Å². The highest BCUT2D eigenvalue weighted by atomic mass is 16.5. The van der Waals surface area contributed by atoms with E-state index in [2.05, 4.69) is 0 Å². The fourth-order valence-electron chi connectivity index (χ4n) is 1.28. The number of aliphatic hydroxyl groups is 1. The molecule has 1 fully saturated rings. The lowest BCUT2D eigenvalue weighted by molar-refractivity contribution is -0.128. The van der Waals surface area contributed by atoms with Gasteiger partial charge in [-0.1, -0.05) is 0 Å². The lowest BCUT2D eigenvalue weighted by atomic mass is 10.2. The van der Waals surface area contributed by atoms with Gasteiger partial charge in [-0.25, -0.2) is 0 Å². The Hall–Kier alpha value is -0.610. The fourth-order valence-corrected chi connectivity index (χ4v) is 1.28. The van der Waals surface area contributed by atoms with Crippen LogP contribution in [0.4, 0.5) is 0 Å². The van der Waals surface area contributed by atoms with Crippen LogP contribution in [0.3, 0.4) is 0 Å². The van der Waals surface area contributed by atoms with E-state index in [4.69, 9.17) is 9.84 Å². The maximum Gasteiger partial charge on any atom is 0.219 e. The van der Waals surface area contributed by atoms with Crippen molar-refractivity contribution in [1.29, 1.82) is 0 Å². The number of hydrogen-bond donors (Lipinski definition) is 1. The summed E-state index contributed by atoms with van der Waals surface area (Å²) in [5.74, 6) is 0.0807. The van der Waals surface area contributed by atoms with Crippen LogP contribution >= 0.6 is 0 Å². The van der Waals surface area contributed by atoms with Crippen molar-refractivity contribution >= 4 is 5.91 Å². The van der Waals surface area contributed by atoms with Crippen LogP contribution in [0, 0.1) is 0 Å². The Morgan fingerprint density at radius 2 is 2.42 bits per heavy atom. The molecule has 1 aliphatic heterocycles. The van der Waals surface area contributed by atoms with Gasteiger partial charge in [-0.05, 0) is 6.42 Å². The van der Waals surface area contributed by atoms with Crippen LogP contribution in [0.25, 0.3) is 0 Å². The predicted octanol–water partition coefficient (Wildman–Crippen LogP) is -0.384. The molecule has 1 saturated heterocycles. The zero-order chi connectivity index (χ0) is 8.97. The predicted molar refractivity (Wildman–Crippen MR) is 43.7 cm³/mol. The van der Waals surface area contributed by atoms with Crippen LogP contribution in [0.5, 0.6) is 0 Å².